The fourth-order valence-corrected chi connectivity index (χ4v) is 17.6. The second-order valence-electron chi connectivity index (χ2n) is 15.2. The largest absolute Gasteiger partial charge is 0.0982 e. The zero-order chi connectivity index (χ0) is 28.7. The first kappa shape index (κ1) is 33.0. The first-order valence-corrected chi connectivity index (χ1v) is 20.9. The minimum atomic E-state index is -0.0490. The third-order valence-electron chi connectivity index (χ3n) is 11.4. The molecule has 3 unspecified atom stereocenters. The van der Waals surface area contributed by atoms with Crippen LogP contribution in [0.25, 0.3) is 0 Å². The predicted octanol–water partition coefficient (Wildman–Crippen LogP) is 12.6. The van der Waals surface area contributed by atoms with E-state index in [0.717, 1.165) is 40.1 Å². The van der Waals surface area contributed by atoms with Crippen molar-refractivity contribution in [1.82, 2.24) is 0 Å². The fraction of sp³-hybridized carbons (Fsp3) is 0.842. The Bertz CT molecular complexity index is 838. The highest BCUT2D eigenvalue weighted by Gasteiger charge is 2.48. The quantitative estimate of drug-likeness (QED) is 0.160. The monoisotopic (exact) mass is 584 g/mol. The molecule has 228 valence electrons. The van der Waals surface area contributed by atoms with Crippen molar-refractivity contribution < 1.29 is 0 Å². The van der Waals surface area contributed by atoms with E-state index in [2.05, 4.69) is 72.7 Å². The maximum atomic E-state index is 2.71. The van der Waals surface area contributed by atoms with Gasteiger partial charge in [-0.2, -0.15) is 0 Å². The Hall–Kier alpha value is 0.0800. The molecule has 1 aromatic rings. The van der Waals surface area contributed by atoms with Crippen LogP contribution >= 0.6 is 15.8 Å². The van der Waals surface area contributed by atoms with E-state index in [-0.39, 0.29) is 15.8 Å². The lowest BCUT2D eigenvalue weighted by Crippen LogP contribution is -2.31. The molecule has 4 rings (SSSR count). The van der Waals surface area contributed by atoms with Gasteiger partial charge in [0.25, 0.3) is 0 Å². The smallest absolute Gasteiger partial charge is 0.0116 e. The molecule has 0 aliphatic heterocycles. The first-order valence-electron chi connectivity index (χ1n) is 17.9. The van der Waals surface area contributed by atoms with Crippen LogP contribution in [0.2, 0.25) is 0 Å². The molecule has 0 aromatic heterocycles. The van der Waals surface area contributed by atoms with Gasteiger partial charge in [0.15, 0.2) is 0 Å². The van der Waals surface area contributed by atoms with E-state index in [9.17, 15) is 0 Å². The van der Waals surface area contributed by atoms with Crippen LogP contribution in [-0.2, 0) is 0 Å². The van der Waals surface area contributed by atoms with Gasteiger partial charge in [0.1, 0.15) is 0 Å². The SMILES string of the molecule is CCCCCCC1(C)CC(c2ccccc2P(C2CCCCC2)C2CCCCC2)C([C@H](C)P(C(C)C)C(C)C)C1. The third kappa shape index (κ3) is 8.16. The van der Waals surface area contributed by atoms with Gasteiger partial charge >= 0.3 is 0 Å². The molecule has 3 fully saturated rings. The van der Waals surface area contributed by atoms with Crippen LogP contribution in [0.5, 0.6) is 0 Å². The zero-order valence-corrected chi connectivity index (χ0v) is 29.6. The number of unbranched alkanes of at least 4 members (excludes halogenated alkanes) is 3. The Labute approximate surface area is 253 Å². The van der Waals surface area contributed by atoms with Crippen LogP contribution in [0.4, 0.5) is 0 Å². The summed E-state index contributed by atoms with van der Waals surface area (Å²) in [6.07, 6.45) is 25.0. The summed E-state index contributed by atoms with van der Waals surface area (Å²) in [5.74, 6) is 1.64. The lowest BCUT2D eigenvalue weighted by molar-refractivity contribution is 0.280. The molecule has 4 atom stereocenters. The molecule has 0 nitrogen and oxygen atoms in total. The second-order valence-corrected chi connectivity index (χ2v) is 21.8. The van der Waals surface area contributed by atoms with Gasteiger partial charge in [-0.25, -0.2) is 0 Å². The maximum Gasteiger partial charge on any atom is -0.0116 e. The normalized spacial score (nSPS) is 27.9. The van der Waals surface area contributed by atoms with Crippen LogP contribution < -0.4 is 5.30 Å². The average molecular weight is 585 g/mol. The van der Waals surface area contributed by atoms with Gasteiger partial charge < -0.3 is 0 Å². The second kappa shape index (κ2) is 15.7. The fourth-order valence-electron chi connectivity index (χ4n) is 9.71. The Kier molecular flexibility index (Phi) is 12.9. The summed E-state index contributed by atoms with van der Waals surface area (Å²) in [5.41, 5.74) is 6.89. The van der Waals surface area contributed by atoms with Crippen molar-refractivity contribution in [3.8, 4) is 0 Å². The van der Waals surface area contributed by atoms with Gasteiger partial charge in [-0.05, 0) is 101 Å². The Balaban J connectivity index is 1.72. The van der Waals surface area contributed by atoms with E-state index in [1.165, 1.54) is 109 Å². The summed E-state index contributed by atoms with van der Waals surface area (Å²) in [7, 11) is -0.0209. The lowest BCUT2D eigenvalue weighted by Gasteiger charge is -2.42. The number of hydrogen-bond acceptors (Lipinski definition) is 0. The van der Waals surface area contributed by atoms with Gasteiger partial charge in [-0.15, -0.1) is 0 Å². The van der Waals surface area contributed by atoms with Gasteiger partial charge in [-0.1, -0.05) is 153 Å². The number of rotatable bonds is 13. The first-order chi connectivity index (χ1) is 19.3. The van der Waals surface area contributed by atoms with Gasteiger partial charge in [0.2, 0.25) is 0 Å². The highest BCUT2D eigenvalue weighted by Crippen LogP contribution is 2.63. The molecule has 3 aliphatic carbocycles. The zero-order valence-electron chi connectivity index (χ0n) is 27.8. The molecule has 0 N–H and O–H groups in total. The average Bonchev–Trinajstić information content (AvgIpc) is 3.30. The summed E-state index contributed by atoms with van der Waals surface area (Å²) in [5, 5.41) is 1.90. The summed E-state index contributed by atoms with van der Waals surface area (Å²) >= 11 is 0. The molecule has 3 aliphatic rings. The third-order valence-corrected chi connectivity index (χ3v) is 18.7. The molecule has 40 heavy (non-hydrogen) atoms. The van der Waals surface area contributed by atoms with Crippen molar-refractivity contribution in [3.63, 3.8) is 0 Å². The van der Waals surface area contributed by atoms with Gasteiger partial charge in [0.05, 0.1) is 0 Å². The van der Waals surface area contributed by atoms with Crippen molar-refractivity contribution in [2.24, 2.45) is 11.3 Å². The predicted molar refractivity (Wildman–Crippen MR) is 186 cm³/mol. The molecule has 0 heterocycles. The Morgan fingerprint density at radius 2 is 1.32 bits per heavy atom. The van der Waals surface area contributed by atoms with E-state index in [1.54, 1.807) is 0 Å². The molecule has 0 radical (unpaired) electrons. The van der Waals surface area contributed by atoms with Crippen LogP contribution in [0.3, 0.4) is 0 Å². The van der Waals surface area contributed by atoms with Gasteiger partial charge in [-0.3, -0.25) is 0 Å². The van der Waals surface area contributed by atoms with E-state index in [4.69, 9.17) is 0 Å². The lowest BCUT2D eigenvalue weighted by atomic mass is 9.81. The van der Waals surface area contributed by atoms with E-state index >= 15 is 0 Å². The molecule has 1 aromatic carbocycles. The van der Waals surface area contributed by atoms with Crippen LogP contribution in [0.15, 0.2) is 24.3 Å². The molecular formula is C38H66P2. The summed E-state index contributed by atoms with van der Waals surface area (Å²) < 4.78 is 0. The van der Waals surface area contributed by atoms with Crippen molar-refractivity contribution >= 4 is 21.1 Å². The minimum absolute atomic E-state index is 0.0281. The van der Waals surface area contributed by atoms with Gasteiger partial charge in [0, 0.05) is 0 Å². The standard InChI is InChI=1S/C38H66P2/c1-8-9-10-19-26-38(7)27-35(31(6)39(29(2)3)30(4)5)36(28-38)34-24-17-18-25-37(34)40(32-20-13-11-14-21-32)33-22-15-12-16-23-33/h17-18,24-25,29-33,35-36H,8-16,19-23,26-28H2,1-7H3/t31-,35?,36?,38?/m0/s1. The van der Waals surface area contributed by atoms with Crippen molar-refractivity contribution in [3.05, 3.63) is 29.8 Å². The Morgan fingerprint density at radius 3 is 1.88 bits per heavy atom. The topological polar surface area (TPSA) is 0 Å². The molecule has 0 bridgehead atoms. The van der Waals surface area contributed by atoms with Crippen LogP contribution in [0.1, 0.15) is 169 Å². The van der Waals surface area contributed by atoms with Crippen molar-refractivity contribution in [1.29, 1.82) is 0 Å². The molecule has 0 amide bonds. The summed E-state index contributed by atoms with van der Waals surface area (Å²) in [6, 6.07) is 10.2. The highest BCUT2D eigenvalue weighted by atomic mass is 31.1. The molecule has 2 heteroatoms. The maximum absolute atomic E-state index is 2.71. The number of hydrogen-bond donors (Lipinski definition) is 0. The van der Waals surface area contributed by atoms with E-state index < -0.39 is 0 Å². The molecule has 3 saturated carbocycles. The van der Waals surface area contributed by atoms with E-state index in [1.807, 2.05) is 10.9 Å². The molecule has 0 spiro atoms. The van der Waals surface area contributed by atoms with Crippen molar-refractivity contribution in [2.75, 3.05) is 0 Å². The molecule has 0 saturated heterocycles. The summed E-state index contributed by atoms with van der Waals surface area (Å²) in [6.45, 7) is 17.9. The van der Waals surface area contributed by atoms with Crippen LogP contribution in [-0.4, -0.2) is 28.3 Å². The molecular weight excluding hydrogens is 518 g/mol. The van der Waals surface area contributed by atoms with Crippen molar-refractivity contribution in [2.45, 2.75) is 192 Å². The summed E-state index contributed by atoms with van der Waals surface area (Å²) in [4.78, 5) is 0. The Morgan fingerprint density at radius 1 is 0.750 bits per heavy atom. The highest BCUT2D eigenvalue weighted by molar-refractivity contribution is 7.67. The number of benzene rings is 1. The van der Waals surface area contributed by atoms with Crippen LogP contribution in [0, 0.1) is 11.3 Å². The van der Waals surface area contributed by atoms with E-state index in [0.29, 0.717) is 5.41 Å². The minimum Gasteiger partial charge on any atom is -0.0982 e.